The summed E-state index contributed by atoms with van der Waals surface area (Å²) in [6, 6.07) is 15.3. The second kappa shape index (κ2) is 4.69. The third kappa shape index (κ3) is 2.27. The minimum absolute atomic E-state index is 0.645. The SMILES string of the molecule is CC(C)CC(C)c1cccc2ccccc12. The Labute approximate surface area is 98.3 Å². The van der Waals surface area contributed by atoms with Gasteiger partial charge in [-0.2, -0.15) is 0 Å². The molecule has 0 spiro atoms. The molecule has 0 heteroatoms. The molecule has 0 radical (unpaired) electrons. The van der Waals surface area contributed by atoms with Crippen molar-refractivity contribution in [1.29, 1.82) is 0 Å². The molecule has 0 nitrogen and oxygen atoms in total. The maximum absolute atomic E-state index is 2.34. The summed E-state index contributed by atoms with van der Waals surface area (Å²) in [5.41, 5.74) is 1.49. The molecule has 0 aliphatic carbocycles. The molecule has 16 heavy (non-hydrogen) atoms. The highest BCUT2D eigenvalue weighted by Crippen LogP contribution is 2.29. The highest BCUT2D eigenvalue weighted by molar-refractivity contribution is 5.86. The molecule has 0 saturated carbocycles. The van der Waals surface area contributed by atoms with E-state index in [2.05, 4.69) is 63.2 Å². The molecular formula is C16H20. The van der Waals surface area contributed by atoms with E-state index in [0.717, 1.165) is 5.92 Å². The summed E-state index contributed by atoms with van der Waals surface area (Å²) in [5.74, 6) is 1.40. The standard InChI is InChI=1S/C16H20/c1-12(2)11-13(3)15-10-6-8-14-7-4-5-9-16(14)15/h4-10,12-13H,11H2,1-3H3. The maximum atomic E-state index is 2.34. The average Bonchev–Trinajstić information content (AvgIpc) is 2.27. The summed E-state index contributed by atoms with van der Waals surface area (Å²) in [7, 11) is 0. The van der Waals surface area contributed by atoms with Crippen LogP contribution in [0.5, 0.6) is 0 Å². The van der Waals surface area contributed by atoms with Gasteiger partial charge >= 0.3 is 0 Å². The average molecular weight is 212 g/mol. The van der Waals surface area contributed by atoms with Crippen LogP contribution < -0.4 is 0 Å². The summed E-state index contributed by atoms with van der Waals surface area (Å²) in [6.07, 6.45) is 1.26. The van der Waals surface area contributed by atoms with Crippen molar-refractivity contribution < 1.29 is 0 Å². The molecule has 84 valence electrons. The van der Waals surface area contributed by atoms with Gasteiger partial charge in [-0.25, -0.2) is 0 Å². The summed E-state index contributed by atoms with van der Waals surface area (Å²) < 4.78 is 0. The molecule has 1 atom stereocenters. The largest absolute Gasteiger partial charge is 0.0628 e. The summed E-state index contributed by atoms with van der Waals surface area (Å²) >= 11 is 0. The summed E-state index contributed by atoms with van der Waals surface area (Å²) in [6.45, 7) is 6.92. The van der Waals surface area contributed by atoms with Crippen molar-refractivity contribution in [2.24, 2.45) is 5.92 Å². The Kier molecular flexibility index (Phi) is 3.28. The number of fused-ring (bicyclic) bond motifs is 1. The molecule has 0 fully saturated rings. The van der Waals surface area contributed by atoms with E-state index in [0.29, 0.717) is 5.92 Å². The summed E-state index contributed by atoms with van der Waals surface area (Å²) in [5, 5.41) is 2.77. The third-order valence-corrected chi connectivity index (χ3v) is 3.18. The van der Waals surface area contributed by atoms with Crippen LogP contribution in [0.3, 0.4) is 0 Å². The van der Waals surface area contributed by atoms with Crippen LogP contribution in [0.25, 0.3) is 10.8 Å². The minimum atomic E-state index is 0.645. The van der Waals surface area contributed by atoms with Gasteiger partial charge in [0, 0.05) is 0 Å². The molecule has 2 rings (SSSR count). The fourth-order valence-corrected chi connectivity index (χ4v) is 2.51. The van der Waals surface area contributed by atoms with Gasteiger partial charge in [-0.15, -0.1) is 0 Å². The van der Waals surface area contributed by atoms with Crippen LogP contribution in [-0.4, -0.2) is 0 Å². The Balaban J connectivity index is 2.44. The molecule has 0 aliphatic rings. The molecule has 0 saturated heterocycles. The zero-order valence-corrected chi connectivity index (χ0v) is 10.4. The van der Waals surface area contributed by atoms with E-state index >= 15 is 0 Å². The lowest BCUT2D eigenvalue weighted by Gasteiger charge is -2.16. The molecule has 1 unspecified atom stereocenters. The van der Waals surface area contributed by atoms with Crippen LogP contribution in [0.1, 0.15) is 38.7 Å². The van der Waals surface area contributed by atoms with Crippen LogP contribution >= 0.6 is 0 Å². The monoisotopic (exact) mass is 212 g/mol. The first-order valence-corrected chi connectivity index (χ1v) is 6.16. The molecule has 0 heterocycles. The number of hydrogen-bond donors (Lipinski definition) is 0. The number of hydrogen-bond acceptors (Lipinski definition) is 0. The molecule has 2 aromatic rings. The molecule has 0 amide bonds. The number of rotatable bonds is 3. The van der Waals surface area contributed by atoms with E-state index < -0.39 is 0 Å². The van der Waals surface area contributed by atoms with Gasteiger partial charge in [-0.3, -0.25) is 0 Å². The van der Waals surface area contributed by atoms with Gasteiger partial charge in [0.25, 0.3) is 0 Å². The Hall–Kier alpha value is -1.30. The fourth-order valence-electron chi connectivity index (χ4n) is 2.51. The van der Waals surface area contributed by atoms with E-state index in [9.17, 15) is 0 Å². The lowest BCUT2D eigenvalue weighted by molar-refractivity contribution is 0.525. The Morgan fingerprint density at radius 1 is 0.875 bits per heavy atom. The summed E-state index contributed by atoms with van der Waals surface area (Å²) in [4.78, 5) is 0. The maximum Gasteiger partial charge on any atom is -0.0149 e. The van der Waals surface area contributed by atoms with Crippen LogP contribution in [0.4, 0.5) is 0 Å². The molecule has 0 bridgehead atoms. The quantitative estimate of drug-likeness (QED) is 0.672. The molecule has 2 aromatic carbocycles. The smallest absolute Gasteiger partial charge is 0.0149 e. The van der Waals surface area contributed by atoms with Gasteiger partial charge in [-0.1, -0.05) is 63.2 Å². The normalized spacial score (nSPS) is 13.2. The van der Waals surface area contributed by atoms with Crippen LogP contribution in [0.15, 0.2) is 42.5 Å². The van der Waals surface area contributed by atoms with Crippen molar-refractivity contribution in [1.82, 2.24) is 0 Å². The van der Waals surface area contributed by atoms with Gasteiger partial charge in [0.1, 0.15) is 0 Å². The Morgan fingerprint density at radius 3 is 2.31 bits per heavy atom. The second-order valence-electron chi connectivity index (χ2n) is 5.10. The zero-order valence-electron chi connectivity index (χ0n) is 10.4. The predicted molar refractivity (Wildman–Crippen MR) is 71.8 cm³/mol. The fraction of sp³-hybridized carbons (Fsp3) is 0.375. The van der Waals surface area contributed by atoms with Crippen molar-refractivity contribution in [3.63, 3.8) is 0 Å². The molecular weight excluding hydrogens is 192 g/mol. The second-order valence-corrected chi connectivity index (χ2v) is 5.10. The van der Waals surface area contributed by atoms with Gasteiger partial charge in [0.05, 0.1) is 0 Å². The Bertz CT molecular complexity index is 463. The van der Waals surface area contributed by atoms with Crippen molar-refractivity contribution in [2.75, 3.05) is 0 Å². The Morgan fingerprint density at radius 2 is 1.56 bits per heavy atom. The van der Waals surface area contributed by atoms with Crippen molar-refractivity contribution in [2.45, 2.75) is 33.1 Å². The van der Waals surface area contributed by atoms with Crippen LogP contribution in [0, 0.1) is 5.92 Å². The van der Waals surface area contributed by atoms with Gasteiger partial charge < -0.3 is 0 Å². The topological polar surface area (TPSA) is 0 Å². The number of benzene rings is 2. The molecule has 0 aromatic heterocycles. The van der Waals surface area contributed by atoms with Gasteiger partial charge in [0.15, 0.2) is 0 Å². The first kappa shape index (κ1) is 11.2. The minimum Gasteiger partial charge on any atom is -0.0628 e. The first-order chi connectivity index (χ1) is 7.68. The van der Waals surface area contributed by atoms with Crippen LogP contribution in [-0.2, 0) is 0 Å². The highest BCUT2D eigenvalue weighted by atomic mass is 14.1. The zero-order chi connectivity index (χ0) is 11.5. The molecule has 0 N–H and O–H groups in total. The predicted octanol–water partition coefficient (Wildman–Crippen LogP) is 4.99. The van der Waals surface area contributed by atoms with Crippen molar-refractivity contribution in [3.05, 3.63) is 48.0 Å². The van der Waals surface area contributed by atoms with Crippen LogP contribution in [0.2, 0.25) is 0 Å². The van der Waals surface area contributed by atoms with E-state index in [1.807, 2.05) is 0 Å². The molecule has 0 aliphatic heterocycles. The van der Waals surface area contributed by atoms with Crippen molar-refractivity contribution in [3.8, 4) is 0 Å². The van der Waals surface area contributed by atoms with Crippen molar-refractivity contribution >= 4 is 10.8 Å². The van der Waals surface area contributed by atoms with E-state index in [1.165, 1.54) is 22.8 Å². The van der Waals surface area contributed by atoms with E-state index in [-0.39, 0.29) is 0 Å². The highest BCUT2D eigenvalue weighted by Gasteiger charge is 2.10. The van der Waals surface area contributed by atoms with E-state index in [4.69, 9.17) is 0 Å². The lowest BCUT2D eigenvalue weighted by Crippen LogP contribution is -1.99. The third-order valence-electron chi connectivity index (χ3n) is 3.18. The van der Waals surface area contributed by atoms with E-state index in [1.54, 1.807) is 0 Å². The van der Waals surface area contributed by atoms with Gasteiger partial charge in [-0.05, 0) is 34.6 Å². The van der Waals surface area contributed by atoms with Gasteiger partial charge in [0.2, 0.25) is 0 Å². The lowest BCUT2D eigenvalue weighted by atomic mass is 9.89. The first-order valence-electron chi connectivity index (χ1n) is 6.16.